The van der Waals surface area contributed by atoms with Crippen LogP contribution < -0.4 is 9.47 Å². The topological polar surface area (TPSA) is 52.6 Å². The fourth-order valence-electron chi connectivity index (χ4n) is 6.17. The summed E-state index contributed by atoms with van der Waals surface area (Å²) in [7, 11) is 0. The van der Waals surface area contributed by atoms with Crippen molar-refractivity contribution in [3.05, 3.63) is 22.3 Å². The third kappa shape index (κ3) is 10.7. The number of benzene rings is 1. The maximum atomic E-state index is 12.7. The first kappa shape index (κ1) is 35.4. The minimum absolute atomic E-state index is 0.0921. The molecule has 1 heterocycles. The fraction of sp³-hybridized carbons (Fsp3) is 0.784. The lowest BCUT2D eigenvalue weighted by Gasteiger charge is -2.38. The molecular formula is C37H62O4. The van der Waals surface area contributed by atoms with Crippen LogP contribution >= 0.6 is 0 Å². The minimum atomic E-state index is -0.517. The maximum absolute atomic E-state index is 12.7. The zero-order valence-corrected chi connectivity index (χ0v) is 28.6. The van der Waals surface area contributed by atoms with E-state index in [4.69, 9.17) is 9.47 Å². The van der Waals surface area contributed by atoms with E-state index in [1.165, 1.54) is 56.9 Å². The Bertz CT molecular complexity index is 1020. The Morgan fingerprint density at radius 2 is 1.44 bits per heavy atom. The summed E-state index contributed by atoms with van der Waals surface area (Å²) in [6.45, 7) is 23.3. The normalized spacial score (nSPS) is 18.5. The molecule has 0 radical (unpaired) electrons. The van der Waals surface area contributed by atoms with Crippen molar-refractivity contribution in [2.75, 3.05) is 0 Å². The van der Waals surface area contributed by atoms with Gasteiger partial charge in [-0.05, 0) is 101 Å². The highest BCUT2D eigenvalue weighted by atomic mass is 16.5. The van der Waals surface area contributed by atoms with Gasteiger partial charge in [0.2, 0.25) is 0 Å². The van der Waals surface area contributed by atoms with Crippen LogP contribution in [-0.2, 0) is 16.0 Å². The van der Waals surface area contributed by atoms with Gasteiger partial charge >= 0.3 is 5.97 Å². The predicted octanol–water partition coefficient (Wildman–Crippen LogP) is 10.4. The van der Waals surface area contributed by atoms with E-state index in [1.54, 1.807) is 6.92 Å². The van der Waals surface area contributed by atoms with Gasteiger partial charge in [-0.2, -0.15) is 0 Å². The standard InChI is InChI=1S/C37H62O4/c1-25(2)15-12-16-26(3)17-13-18-27(4)19-14-22-37(11)24-20-32-30(7)34(28(5)29(6)35(32)41-37)40-33(39)21-23-36(9,10)31(8)38/h25-27H,12-24H2,1-11H3. The summed E-state index contributed by atoms with van der Waals surface area (Å²) in [5.74, 6) is 3.92. The molecule has 0 aliphatic carbocycles. The highest BCUT2D eigenvalue weighted by Gasteiger charge is 2.35. The van der Waals surface area contributed by atoms with Crippen LogP contribution in [0.25, 0.3) is 0 Å². The molecule has 1 aliphatic heterocycles. The highest BCUT2D eigenvalue weighted by Crippen LogP contribution is 2.45. The van der Waals surface area contributed by atoms with E-state index in [2.05, 4.69) is 41.5 Å². The summed E-state index contributed by atoms with van der Waals surface area (Å²) >= 11 is 0. The van der Waals surface area contributed by atoms with Crippen molar-refractivity contribution in [1.29, 1.82) is 0 Å². The molecule has 3 atom stereocenters. The molecule has 0 fully saturated rings. The fourth-order valence-corrected chi connectivity index (χ4v) is 6.17. The second-order valence-electron chi connectivity index (χ2n) is 14.8. The van der Waals surface area contributed by atoms with Crippen molar-refractivity contribution < 1.29 is 19.1 Å². The molecule has 3 unspecified atom stereocenters. The van der Waals surface area contributed by atoms with Crippen molar-refractivity contribution in [2.45, 2.75) is 165 Å². The molecule has 234 valence electrons. The Labute approximate surface area is 252 Å². The van der Waals surface area contributed by atoms with Crippen LogP contribution in [0.5, 0.6) is 11.5 Å². The second kappa shape index (κ2) is 15.6. The van der Waals surface area contributed by atoms with Crippen LogP contribution in [0.15, 0.2) is 0 Å². The molecule has 0 N–H and O–H groups in total. The molecule has 0 amide bonds. The molecule has 0 spiro atoms. The van der Waals surface area contributed by atoms with Gasteiger partial charge in [0.1, 0.15) is 22.9 Å². The van der Waals surface area contributed by atoms with Gasteiger partial charge in [-0.3, -0.25) is 9.59 Å². The lowest BCUT2D eigenvalue weighted by atomic mass is 9.83. The maximum Gasteiger partial charge on any atom is 0.311 e. The van der Waals surface area contributed by atoms with Gasteiger partial charge in [-0.1, -0.05) is 86.5 Å². The Kier molecular flexibility index (Phi) is 13.4. The smallest absolute Gasteiger partial charge is 0.311 e. The molecule has 0 bridgehead atoms. The number of esters is 1. The van der Waals surface area contributed by atoms with Crippen LogP contribution in [0.1, 0.15) is 155 Å². The quantitative estimate of drug-likeness (QED) is 0.138. The van der Waals surface area contributed by atoms with Crippen molar-refractivity contribution in [1.82, 2.24) is 0 Å². The zero-order chi connectivity index (χ0) is 31.0. The number of carbonyl (C=O) groups is 2. The Morgan fingerprint density at radius 3 is 2.00 bits per heavy atom. The van der Waals surface area contributed by atoms with Crippen LogP contribution in [-0.4, -0.2) is 17.4 Å². The third-order valence-corrected chi connectivity index (χ3v) is 9.96. The van der Waals surface area contributed by atoms with E-state index in [0.717, 1.165) is 59.5 Å². The van der Waals surface area contributed by atoms with Gasteiger partial charge in [0, 0.05) is 17.4 Å². The Hall–Kier alpha value is -1.84. The van der Waals surface area contributed by atoms with E-state index < -0.39 is 5.41 Å². The summed E-state index contributed by atoms with van der Waals surface area (Å²) in [6, 6.07) is 0. The van der Waals surface area contributed by atoms with Crippen LogP contribution in [0.3, 0.4) is 0 Å². The monoisotopic (exact) mass is 570 g/mol. The molecule has 0 saturated heterocycles. The minimum Gasteiger partial charge on any atom is -0.487 e. The molecule has 4 nitrogen and oxygen atoms in total. The third-order valence-electron chi connectivity index (χ3n) is 9.96. The molecule has 1 aliphatic rings. The van der Waals surface area contributed by atoms with Gasteiger partial charge < -0.3 is 9.47 Å². The molecule has 1 aromatic rings. The molecule has 0 saturated carbocycles. The van der Waals surface area contributed by atoms with E-state index in [9.17, 15) is 9.59 Å². The largest absolute Gasteiger partial charge is 0.487 e. The SMILES string of the molecule is CC(=O)C(C)(C)CCC(=O)Oc1c(C)c(C)c2c(c1C)CCC(C)(CCCC(C)CCCC(C)CCCC(C)C)O2. The van der Waals surface area contributed by atoms with Gasteiger partial charge in [0.05, 0.1) is 0 Å². The first-order valence-corrected chi connectivity index (χ1v) is 16.6. The Morgan fingerprint density at radius 1 is 0.878 bits per heavy atom. The van der Waals surface area contributed by atoms with Crippen LogP contribution in [0.4, 0.5) is 0 Å². The van der Waals surface area contributed by atoms with E-state index >= 15 is 0 Å². The Balaban J connectivity index is 1.90. The van der Waals surface area contributed by atoms with Crippen molar-refractivity contribution in [2.24, 2.45) is 23.2 Å². The van der Waals surface area contributed by atoms with Gasteiger partial charge in [-0.15, -0.1) is 0 Å². The van der Waals surface area contributed by atoms with Crippen LogP contribution in [0.2, 0.25) is 0 Å². The van der Waals surface area contributed by atoms with Gasteiger partial charge in [0.15, 0.2) is 0 Å². The number of fused-ring (bicyclic) bond motifs is 1. The number of ether oxygens (including phenoxy) is 2. The van der Waals surface area contributed by atoms with Crippen molar-refractivity contribution in [3.63, 3.8) is 0 Å². The molecule has 4 heteroatoms. The first-order valence-electron chi connectivity index (χ1n) is 16.6. The number of hydrogen-bond acceptors (Lipinski definition) is 4. The van der Waals surface area contributed by atoms with Crippen molar-refractivity contribution in [3.8, 4) is 11.5 Å². The zero-order valence-electron chi connectivity index (χ0n) is 28.6. The van der Waals surface area contributed by atoms with Crippen LogP contribution in [0, 0.1) is 43.9 Å². The molecule has 2 rings (SSSR count). The van der Waals surface area contributed by atoms with Gasteiger partial charge in [-0.25, -0.2) is 0 Å². The van der Waals surface area contributed by atoms with Crippen molar-refractivity contribution >= 4 is 11.8 Å². The first-order chi connectivity index (χ1) is 19.1. The molecule has 1 aromatic carbocycles. The number of carbonyl (C=O) groups excluding carboxylic acids is 2. The summed E-state index contributed by atoms with van der Waals surface area (Å²) in [6.07, 6.45) is 14.3. The number of rotatable bonds is 17. The molecular weight excluding hydrogens is 508 g/mol. The van der Waals surface area contributed by atoms with E-state index in [-0.39, 0.29) is 23.8 Å². The van der Waals surface area contributed by atoms with E-state index in [0.29, 0.717) is 12.2 Å². The summed E-state index contributed by atoms with van der Waals surface area (Å²) in [4.78, 5) is 24.6. The lowest BCUT2D eigenvalue weighted by molar-refractivity contribution is -0.135. The second-order valence-corrected chi connectivity index (χ2v) is 14.8. The van der Waals surface area contributed by atoms with E-state index in [1.807, 2.05) is 27.7 Å². The summed E-state index contributed by atoms with van der Waals surface area (Å²) in [5.41, 5.74) is 3.55. The summed E-state index contributed by atoms with van der Waals surface area (Å²) in [5, 5.41) is 0. The predicted molar refractivity (Wildman–Crippen MR) is 172 cm³/mol. The molecule has 41 heavy (non-hydrogen) atoms. The lowest BCUT2D eigenvalue weighted by Crippen LogP contribution is -2.37. The molecule has 0 aromatic heterocycles. The number of Topliss-reactive ketones (excluding diaryl/α,β-unsaturated/α-hetero) is 1. The number of hydrogen-bond donors (Lipinski definition) is 0. The summed E-state index contributed by atoms with van der Waals surface area (Å²) < 4.78 is 12.7. The van der Waals surface area contributed by atoms with Gasteiger partial charge in [0.25, 0.3) is 0 Å². The number of ketones is 1. The average molecular weight is 571 g/mol. The highest BCUT2D eigenvalue weighted by molar-refractivity contribution is 5.82. The average Bonchev–Trinajstić information content (AvgIpc) is 2.88.